The van der Waals surface area contributed by atoms with Crippen LogP contribution in [0.3, 0.4) is 0 Å². The second-order valence-electron chi connectivity index (χ2n) is 5.80. The third-order valence-corrected chi connectivity index (χ3v) is 4.27. The third kappa shape index (κ3) is 6.57. The van der Waals surface area contributed by atoms with Gasteiger partial charge in [-0.1, -0.05) is 34.8 Å². The summed E-state index contributed by atoms with van der Waals surface area (Å²) in [7, 11) is 0. The number of fused-ring (bicyclic) bond motifs is 1. The van der Waals surface area contributed by atoms with E-state index in [9.17, 15) is 9.59 Å². The molecule has 8 heteroatoms. The molecule has 2 aliphatic rings. The topological polar surface area (TPSA) is 75.6 Å². The van der Waals surface area contributed by atoms with E-state index < -0.39 is 10.8 Å². The summed E-state index contributed by atoms with van der Waals surface area (Å²) < 4.78 is 6.61. The SMILES string of the molecule is CC(C)=CC(=O)Nc1ccc(Oc2ccc3cc2-3)cc1Br.O=C(O)C(Cl)Cl. The van der Waals surface area contributed by atoms with E-state index in [0.29, 0.717) is 0 Å². The lowest BCUT2D eigenvalue weighted by Crippen LogP contribution is -2.08. The zero-order valence-electron chi connectivity index (χ0n) is 14.4. The summed E-state index contributed by atoms with van der Waals surface area (Å²) in [6.07, 6.45) is 1.56. The number of anilines is 1. The molecule has 142 valence electrons. The van der Waals surface area contributed by atoms with Gasteiger partial charge in [-0.3, -0.25) is 4.79 Å². The molecule has 27 heavy (non-hydrogen) atoms. The van der Waals surface area contributed by atoms with Crippen LogP contribution in [0, 0.1) is 0 Å². The number of hydrogen-bond donors (Lipinski definition) is 2. The van der Waals surface area contributed by atoms with Gasteiger partial charge in [-0.05, 0) is 65.7 Å². The lowest BCUT2D eigenvalue weighted by molar-refractivity contribution is -0.135. The monoisotopic (exact) mass is 471 g/mol. The highest BCUT2D eigenvalue weighted by atomic mass is 79.9. The Morgan fingerprint density at radius 2 is 1.85 bits per heavy atom. The minimum Gasteiger partial charge on any atom is -0.479 e. The maximum atomic E-state index is 11.7. The normalized spacial score (nSPS) is 10.4. The van der Waals surface area contributed by atoms with Crippen LogP contribution in [0.2, 0.25) is 0 Å². The second-order valence-corrected chi connectivity index (χ2v) is 7.76. The third-order valence-electron chi connectivity index (χ3n) is 3.24. The van der Waals surface area contributed by atoms with Gasteiger partial charge in [0.15, 0.2) is 0 Å². The van der Waals surface area contributed by atoms with Crippen molar-refractivity contribution in [2.45, 2.75) is 18.7 Å². The number of alkyl halides is 2. The molecule has 1 aromatic carbocycles. The highest BCUT2D eigenvalue weighted by Crippen LogP contribution is 2.45. The number of amides is 1. The molecular formula is C19H16BrCl2NO4. The number of carbonyl (C=O) groups excluding carboxylic acids is 1. The van der Waals surface area contributed by atoms with E-state index in [1.165, 1.54) is 11.1 Å². The van der Waals surface area contributed by atoms with E-state index >= 15 is 0 Å². The van der Waals surface area contributed by atoms with Crippen molar-refractivity contribution in [3.05, 3.63) is 52.5 Å². The molecule has 3 rings (SSSR count). The molecule has 0 aromatic heterocycles. The Balaban J connectivity index is 0.000000380. The van der Waals surface area contributed by atoms with Gasteiger partial charge in [0.05, 0.1) is 5.69 Å². The molecule has 2 aliphatic carbocycles. The summed E-state index contributed by atoms with van der Waals surface area (Å²) in [5.41, 5.74) is 4.09. The number of halogens is 3. The van der Waals surface area contributed by atoms with Crippen LogP contribution in [-0.2, 0) is 9.59 Å². The van der Waals surface area contributed by atoms with Gasteiger partial charge in [0, 0.05) is 16.1 Å². The Labute approximate surface area is 175 Å². The summed E-state index contributed by atoms with van der Waals surface area (Å²) >= 11 is 13.0. The average Bonchev–Trinajstić information content (AvgIpc) is 3.24. The van der Waals surface area contributed by atoms with E-state index in [1.807, 2.05) is 44.2 Å². The van der Waals surface area contributed by atoms with Gasteiger partial charge in [0.1, 0.15) is 11.5 Å². The van der Waals surface area contributed by atoms with Crippen LogP contribution in [-0.4, -0.2) is 21.8 Å². The van der Waals surface area contributed by atoms with Crippen LogP contribution in [0.4, 0.5) is 5.69 Å². The number of carbonyl (C=O) groups is 2. The molecule has 2 N–H and O–H groups in total. The maximum Gasteiger partial charge on any atom is 0.337 e. The van der Waals surface area contributed by atoms with Crippen molar-refractivity contribution < 1.29 is 19.4 Å². The summed E-state index contributed by atoms with van der Waals surface area (Å²) in [5.74, 6) is 0.257. The zero-order chi connectivity index (χ0) is 20.1. The van der Waals surface area contributed by atoms with Crippen LogP contribution in [0.15, 0.2) is 52.5 Å². The molecule has 1 aromatic rings. The van der Waals surface area contributed by atoms with E-state index in [0.717, 1.165) is 27.2 Å². The van der Waals surface area contributed by atoms with E-state index in [1.54, 1.807) is 6.08 Å². The molecule has 0 bridgehead atoms. The Bertz CT molecular complexity index is 909. The van der Waals surface area contributed by atoms with Crippen LogP contribution in [0.25, 0.3) is 11.1 Å². The second kappa shape index (κ2) is 9.26. The van der Waals surface area contributed by atoms with Crippen molar-refractivity contribution in [3.63, 3.8) is 0 Å². The first-order valence-corrected chi connectivity index (χ1v) is 9.42. The largest absolute Gasteiger partial charge is 0.479 e. The molecule has 0 fully saturated rings. The quantitative estimate of drug-likeness (QED) is 0.352. The fourth-order valence-electron chi connectivity index (χ4n) is 2.03. The lowest BCUT2D eigenvalue weighted by Gasteiger charge is -2.09. The Kier molecular flexibility index (Phi) is 7.30. The Morgan fingerprint density at radius 1 is 1.19 bits per heavy atom. The predicted octanol–water partition coefficient (Wildman–Crippen LogP) is 6.00. The predicted molar refractivity (Wildman–Crippen MR) is 111 cm³/mol. The van der Waals surface area contributed by atoms with E-state index in [-0.39, 0.29) is 5.91 Å². The van der Waals surface area contributed by atoms with Crippen molar-refractivity contribution in [1.29, 1.82) is 0 Å². The number of carboxylic acid groups (broad SMARTS) is 1. The molecule has 0 atom stereocenters. The molecule has 0 heterocycles. The fraction of sp³-hybridized carbons (Fsp3) is 0.158. The van der Waals surface area contributed by atoms with Crippen LogP contribution in [0.1, 0.15) is 13.8 Å². The van der Waals surface area contributed by atoms with Gasteiger partial charge in [-0.15, -0.1) is 0 Å². The van der Waals surface area contributed by atoms with Gasteiger partial charge in [0.25, 0.3) is 0 Å². The lowest BCUT2D eigenvalue weighted by atomic mass is 10.2. The van der Waals surface area contributed by atoms with Gasteiger partial charge < -0.3 is 15.2 Å². The number of hydrogen-bond acceptors (Lipinski definition) is 3. The fourth-order valence-corrected chi connectivity index (χ4v) is 2.49. The standard InChI is InChI=1S/C17H14BrNO2.C2H2Cl2O2/c1-10(2)7-17(20)19-15-5-4-12(9-14(15)18)21-16-6-3-11-8-13(11)16;3-1(4)2(5)6/h3-9H,1-2H3,(H,19,20);1H,(H,5,6). The van der Waals surface area contributed by atoms with Crippen molar-refractivity contribution >= 4 is 56.7 Å². The first-order valence-electron chi connectivity index (χ1n) is 7.76. The van der Waals surface area contributed by atoms with Crippen LogP contribution >= 0.6 is 39.1 Å². The summed E-state index contributed by atoms with van der Waals surface area (Å²) in [6, 6.07) is 11.6. The molecule has 0 unspecified atom stereocenters. The van der Waals surface area contributed by atoms with Crippen molar-refractivity contribution in [2.24, 2.45) is 0 Å². The molecule has 0 aliphatic heterocycles. The molecule has 5 nitrogen and oxygen atoms in total. The van der Waals surface area contributed by atoms with Crippen LogP contribution in [0.5, 0.6) is 11.5 Å². The maximum absolute atomic E-state index is 11.7. The minimum absolute atomic E-state index is 0.139. The zero-order valence-corrected chi connectivity index (χ0v) is 17.5. The Morgan fingerprint density at radius 3 is 2.30 bits per heavy atom. The van der Waals surface area contributed by atoms with E-state index in [4.69, 9.17) is 33.0 Å². The summed E-state index contributed by atoms with van der Waals surface area (Å²) in [4.78, 5) is 19.9. The molecule has 1 amide bonds. The number of rotatable bonds is 5. The molecular weight excluding hydrogens is 457 g/mol. The van der Waals surface area contributed by atoms with E-state index in [2.05, 4.69) is 27.3 Å². The molecule has 0 saturated heterocycles. The number of aliphatic carboxylic acids is 1. The van der Waals surface area contributed by atoms with Gasteiger partial charge >= 0.3 is 5.97 Å². The molecule has 0 saturated carbocycles. The van der Waals surface area contributed by atoms with Crippen molar-refractivity contribution in [2.75, 3.05) is 5.32 Å². The average molecular weight is 473 g/mol. The highest BCUT2D eigenvalue weighted by Gasteiger charge is 2.19. The highest BCUT2D eigenvalue weighted by molar-refractivity contribution is 9.10. The number of benzene rings is 2. The first kappa shape index (κ1) is 21.3. The number of ether oxygens (including phenoxy) is 1. The smallest absolute Gasteiger partial charge is 0.337 e. The van der Waals surface area contributed by atoms with Crippen molar-refractivity contribution in [3.8, 4) is 22.6 Å². The number of allylic oxidation sites excluding steroid dienone is 1. The number of nitrogens with one attached hydrogen (secondary N) is 1. The minimum atomic E-state index is -1.29. The van der Waals surface area contributed by atoms with Crippen molar-refractivity contribution in [1.82, 2.24) is 0 Å². The van der Waals surface area contributed by atoms with Gasteiger partial charge in [-0.2, -0.15) is 0 Å². The van der Waals surface area contributed by atoms with Gasteiger partial charge in [-0.25, -0.2) is 4.79 Å². The number of carboxylic acids is 1. The Hall–Kier alpha value is -2.02. The van der Waals surface area contributed by atoms with Gasteiger partial charge in [0.2, 0.25) is 10.7 Å². The molecule has 0 spiro atoms. The van der Waals surface area contributed by atoms with Crippen LogP contribution < -0.4 is 10.1 Å². The molecule has 0 radical (unpaired) electrons. The first-order chi connectivity index (χ1) is 12.7. The summed E-state index contributed by atoms with van der Waals surface area (Å²) in [5, 5.41) is 10.6. The summed E-state index contributed by atoms with van der Waals surface area (Å²) in [6.45, 7) is 3.77.